The van der Waals surface area contributed by atoms with Gasteiger partial charge >= 0.3 is 0 Å². The lowest BCUT2D eigenvalue weighted by molar-refractivity contribution is 0.303. The molecule has 0 aromatic carbocycles. The Balaban J connectivity index is 1.73. The van der Waals surface area contributed by atoms with Crippen LogP contribution in [0.1, 0.15) is 12.2 Å². The summed E-state index contributed by atoms with van der Waals surface area (Å²) in [7, 11) is -0.374. The number of thiophene rings is 1. The first-order valence-electron chi connectivity index (χ1n) is 7.10. The zero-order valence-corrected chi connectivity index (χ0v) is 14.2. The zero-order chi connectivity index (χ0) is 15.7. The first-order valence-corrected chi connectivity index (χ1v) is 9.42. The van der Waals surface area contributed by atoms with E-state index in [-0.39, 0.29) is 4.21 Å². The molecule has 1 aliphatic heterocycles. The van der Waals surface area contributed by atoms with Crippen molar-refractivity contribution in [2.75, 3.05) is 20.7 Å². The number of hydrogen-bond acceptors (Lipinski definition) is 5. The zero-order valence-electron chi connectivity index (χ0n) is 12.6. The van der Waals surface area contributed by atoms with E-state index < -0.39 is 10.0 Å². The SMILES string of the molecule is COc1ccsc1S(=O)(=O)N(C)CC1CCc2nccn2C1. The summed E-state index contributed by atoms with van der Waals surface area (Å²) in [4.78, 5) is 4.30. The lowest BCUT2D eigenvalue weighted by atomic mass is 10.00. The Bertz CT molecular complexity index is 751. The van der Waals surface area contributed by atoms with Crippen molar-refractivity contribution in [3.63, 3.8) is 0 Å². The number of rotatable bonds is 5. The fraction of sp³-hybridized carbons (Fsp3) is 0.500. The van der Waals surface area contributed by atoms with E-state index in [1.165, 1.54) is 22.8 Å². The molecule has 0 saturated carbocycles. The van der Waals surface area contributed by atoms with E-state index >= 15 is 0 Å². The second kappa shape index (κ2) is 6.02. The predicted octanol–water partition coefficient (Wildman–Crippen LogP) is 1.84. The Hall–Kier alpha value is -1.38. The van der Waals surface area contributed by atoms with E-state index in [0.717, 1.165) is 25.2 Å². The standard InChI is InChI=1S/C14H19N3O3S2/c1-16(22(18,19)14-12(20-2)5-8-21-14)9-11-3-4-13-15-6-7-17(13)10-11/h5-8,11H,3-4,9-10H2,1-2H3. The number of ether oxygens (including phenoxy) is 1. The van der Waals surface area contributed by atoms with Crippen molar-refractivity contribution < 1.29 is 13.2 Å². The number of aryl methyl sites for hydroxylation is 1. The average molecular weight is 341 g/mol. The minimum Gasteiger partial charge on any atom is -0.494 e. The molecule has 22 heavy (non-hydrogen) atoms. The molecule has 0 aliphatic carbocycles. The highest BCUT2D eigenvalue weighted by Crippen LogP contribution is 2.32. The molecule has 1 aliphatic rings. The Morgan fingerprint density at radius 1 is 1.55 bits per heavy atom. The van der Waals surface area contributed by atoms with Crippen LogP contribution in [0.5, 0.6) is 5.75 Å². The molecule has 3 rings (SSSR count). The van der Waals surface area contributed by atoms with Gasteiger partial charge < -0.3 is 9.30 Å². The van der Waals surface area contributed by atoms with Gasteiger partial charge in [-0.15, -0.1) is 11.3 Å². The number of hydrogen-bond donors (Lipinski definition) is 0. The summed E-state index contributed by atoms with van der Waals surface area (Å²) in [6.07, 6.45) is 5.61. The van der Waals surface area contributed by atoms with Gasteiger partial charge in [0.05, 0.1) is 7.11 Å². The quantitative estimate of drug-likeness (QED) is 0.832. The molecule has 0 amide bonds. The van der Waals surface area contributed by atoms with Gasteiger partial charge in [-0.2, -0.15) is 4.31 Å². The van der Waals surface area contributed by atoms with Crippen molar-refractivity contribution in [1.82, 2.24) is 13.9 Å². The van der Waals surface area contributed by atoms with E-state index in [1.54, 1.807) is 24.7 Å². The maximum Gasteiger partial charge on any atom is 0.256 e. The molecule has 8 heteroatoms. The van der Waals surface area contributed by atoms with Crippen molar-refractivity contribution in [2.24, 2.45) is 5.92 Å². The van der Waals surface area contributed by atoms with Crippen LogP contribution in [0.25, 0.3) is 0 Å². The van der Waals surface area contributed by atoms with Crippen LogP contribution in [-0.4, -0.2) is 43.0 Å². The number of aromatic nitrogens is 2. The molecule has 0 bridgehead atoms. The first kappa shape index (κ1) is 15.5. The lowest BCUT2D eigenvalue weighted by Gasteiger charge is -2.27. The molecule has 6 nitrogen and oxygen atoms in total. The van der Waals surface area contributed by atoms with E-state index in [9.17, 15) is 8.42 Å². The van der Waals surface area contributed by atoms with Crippen LogP contribution >= 0.6 is 11.3 Å². The highest BCUT2D eigenvalue weighted by molar-refractivity contribution is 7.91. The summed E-state index contributed by atoms with van der Waals surface area (Å²) in [5, 5.41) is 1.73. The van der Waals surface area contributed by atoms with Gasteiger partial charge in [-0.25, -0.2) is 13.4 Å². The fourth-order valence-corrected chi connectivity index (χ4v) is 5.53. The molecule has 0 saturated heterocycles. The van der Waals surface area contributed by atoms with E-state index in [2.05, 4.69) is 9.55 Å². The minimum absolute atomic E-state index is 0.275. The minimum atomic E-state index is -3.50. The Labute approximate surface area is 134 Å². The largest absolute Gasteiger partial charge is 0.494 e. The Morgan fingerprint density at radius 3 is 3.14 bits per heavy atom. The maximum absolute atomic E-state index is 12.7. The molecule has 0 radical (unpaired) electrons. The number of sulfonamides is 1. The molecular formula is C14H19N3O3S2. The van der Waals surface area contributed by atoms with Crippen molar-refractivity contribution in [1.29, 1.82) is 0 Å². The fourth-order valence-electron chi connectivity index (χ4n) is 2.81. The van der Waals surface area contributed by atoms with Crippen LogP contribution in [0.2, 0.25) is 0 Å². The second-order valence-corrected chi connectivity index (χ2v) is 8.62. The van der Waals surface area contributed by atoms with Crippen molar-refractivity contribution in [3.8, 4) is 5.75 Å². The number of imidazole rings is 1. The summed E-state index contributed by atoms with van der Waals surface area (Å²) in [6.45, 7) is 1.32. The third kappa shape index (κ3) is 2.78. The number of methoxy groups -OCH3 is 1. The normalized spacial score (nSPS) is 18.4. The monoisotopic (exact) mass is 341 g/mol. The smallest absolute Gasteiger partial charge is 0.256 e. The molecule has 1 unspecified atom stereocenters. The lowest BCUT2D eigenvalue weighted by Crippen LogP contribution is -2.35. The molecule has 3 heterocycles. The van der Waals surface area contributed by atoms with E-state index in [0.29, 0.717) is 18.2 Å². The van der Waals surface area contributed by atoms with Crippen LogP contribution in [-0.2, 0) is 23.0 Å². The molecule has 2 aromatic rings. The highest BCUT2D eigenvalue weighted by atomic mass is 32.2. The van der Waals surface area contributed by atoms with Crippen molar-refractivity contribution >= 4 is 21.4 Å². The third-order valence-electron chi connectivity index (χ3n) is 4.01. The van der Waals surface area contributed by atoms with Gasteiger partial charge in [-0.05, 0) is 23.8 Å². The molecule has 2 aromatic heterocycles. The summed E-state index contributed by atoms with van der Waals surface area (Å²) < 4.78 is 34.3. The first-order chi connectivity index (χ1) is 10.5. The number of fused-ring (bicyclic) bond motifs is 1. The average Bonchev–Trinajstić information content (AvgIpc) is 3.15. The van der Waals surface area contributed by atoms with Gasteiger partial charge in [0.25, 0.3) is 10.0 Å². The van der Waals surface area contributed by atoms with Gasteiger partial charge in [0.1, 0.15) is 11.6 Å². The Morgan fingerprint density at radius 2 is 2.36 bits per heavy atom. The van der Waals surface area contributed by atoms with Crippen LogP contribution in [0.4, 0.5) is 0 Å². The van der Waals surface area contributed by atoms with Gasteiger partial charge in [0.15, 0.2) is 4.21 Å². The van der Waals surface area contributed by atoms with Gasteiger partial charge in [0, 0.05) is 39.0 Å². The van der Waals surface area contributed by atoms with Crippen molar-refractivity contribution in [3.05, 3.63) is 29.7 Å². The van der Waals surface area contributed by atoms with Crippen LogP contribution in [0, 0.1) is 5.92 Å². The van der Waals surface area contributed by atoms with Crippen LogP contribution in [0.15, 0.2) is 28.0 Å². The Kier molecular flexibility index (Phi) is 4.24. The summed E-state index contributed by atoms with van der Waals surface area (Å²) in [5.74, 6) is 1.80. The summed E-state index contributed by atoms with van der Waals surface area (Å²) in [6, 6.07) is 1.68. The predicted molar refractivity (Wildman–Crippen MR) is 84.7 cm³/mol. The maximum atomic E-state index is 12.7. The van der Waals surface area contributed by atoms with E-state index in [1.807, 2.05) is 6.20 Å². The molecule has 0 N–H and O–H groups in total. The van der Waals surface area contributed by atoms with Gasteiger partial charge in [-0.3, -0.25) is 0 Å². The molecule has 1 atom stereocenters. The van der Waals surface area contributed by atoms with Crippen LogP contribution in [0.3, 0.4) is 0 Å². The van der Waals surface area contributed by atoms with Gasteiger partial charge in [-0.1, -0.05) is 0 Å². The highest BCUT2D eigenvalue weighted by Gasteiger charge is 2.29. The topological polar surface area (TPSA) is 64.4 Å². The molecular weight excluding hydrogens is 322 g/mol. The molecule has 0 spiro atoms. The van der Waals surface area contributed by atoms with Gasteiger partial charge in [0.2, 0.25) is 0 Å². The summed E-state index contributed by atoms with van der Waals surface area (Å²) in [5.41, 5.74) is 0. The summed E-state index contributed by atoms with van der Waals surface area (Å²) >= 11 is 1.19. The molecule has 120 valence electrons. The van der Waals surface area contributed by atoms with Crippen molar-refractivity contribution in [2.45, 2.75) is 23.6 Å². The van der Waals surface area contributed by atoms with E-state index in [4.69, 9.17) is 4.74 Å². The second-order valence-electron chi connectivity index (χ2n) is 5.46. The number of nitrogens with zero attached hydrogens (tertiary/aromatic N) is 3. The molecule has 0 fully saturated rings. The van der Waals surface area contributed by atoms with Crippen LogP contribution < -0.4 is 4.74 Å². The third-order valence-corrected chi connectivity index (χ3v) is 7.26.